The van der Waals surface area contributed by atoms with E-state index in [0.717, 1.165) is 22.3 Å². The van der Waals surface area contributed by atoms with Crippen molar-refractivity contribution in [1.29, 1.82) is 0 Å². The van der Waals surface area contributed by atoms with Gasteiger partial charge in [0.15, 0.2) is 0 Å². The van der Waals surface area contributed by atoms with Crippen LogP contribution in [0.15, 0.2) is 36.4 Å². The molecule has 0 atom stereocenters. The van der Waals surface area contributed by atoms with E-state index in [9.17, 15) is 0 Å². The first-order valence-electron chi connectivity index (χ1n) is 9.55. The maximum atomic E-state index is 6.63. The highest BCUT2D eigenvalue weighted by atomic mass is 28.4. The Kier molecular flexibility index (Phi) is 5.44. The van der Waals surface area contributed by atoms with Crippen molar-refractivity contribution < 1.29 is 8.85 Å². The molecule has 0 aliphatic heterocycles. The van der Waals surface area contributed by atoms with Crippen molar-refractivity contribution in [2.75, 3.05) is 0 Å². The average Bonchev–Trinajstić information content (AvgIpc) is 2.47. The Labute approximate surface area is 162 Å². The van der Waals surface area contributed by atoms with Crippen molar-refractivity contribution in [1.82, 2.24) is 0 Å². The fourth-order valence-corrected chi connectivity index (χ4v) is 4.35. The number of hydrogen-bond donors (Lipinski definition) is 0. The van der Waals surface area contributed by atoms with Gasteiger partial charge in [-0.05, 0) is 48.4 Å². The lowest BCUT2D eigenvalue weighted by molar-refractivity contribution is 0.488. The summed E-state index contributed by atoms with van der Waals surface area (Å²) in [6.07, 6.45) is 0. The van der Waals surface area contributed by atoms with Crippen LogP contribution < -0.4 is 8.85 Å². The zero-order valence-corrected chi connectivity index (χ0v) is 20.3. The van der Waals surface area contributed by atoms with Crippen LogP contribution in [0.2, 0.25) is 36.3 Å². The molecule has 4 heteroatoms. The molecule has 0 aliphatic rings. The largest absolute Gasteiger partial charge is 0.543 e. The van der Waals surface area contributed by atoms with Gasteiger partial charge >= 0.3 is 0 Å². The summed E-state index contributed by atoms with van der Waals surface area (Å²) < 4.78 is 13.3. The van der Waals surface area contributed by atoms with Crippen LogP contribution in [0.25, 0.3) is 10.8 Å². The fourth-order valence-electron chi connectivity index (χ4n) is 2.28. The van der Waals surface area contributed by atoms with Crippen LogP contribution in [0.1, 0.15) is 41.5 Å². The van der Waals surface area contributed by atoms with Crippen molar-refractivity contribution >= 4 is 27.4 Å². The van der Waals surface area contributed by atoms with Gasteiger partial charge < -0.3 is 8.85 Å². The van der Waals surface area contributed by atoms with Crippen LogP contribution in [-0.4, -0.2) is 16.6 Å². The normalized spacial score (nSPS) is 13.8. The van der Waals surface area contributed by atoms with Crippen molar-refractivity contribution in [2.24, 2.45) is 0 Å². The molecule has 0 saturated heterocycles. The molecular formula is C22H36O2Si2. The lowest BCUT2D eigenvalue weighted by Crippen LogP contribution is -2.44. The van der Waals surface area contributed by atoms with Gasteiger partial charge in [-0.3, -0.25) is 0 Å². The van der Waals surface area contributed by atoms with Gasteiger partial charge in [0.1, 0.15) is 11.5 Å². The van der Waals surface area contributed by atoms with Gasteiger partial charge in [-0.25, -0.2) is 0 Å². The third-order valence-electron chi connectivity index (χ3n) is 6.19. The molecule has 0 bridgehead atoms. The van der Waals surface area contributed by atoms with E-state index in [4.69, 9.17) is 8.85 Å². The molecule has 26 heavy (non-hydrogen) atoms. The second kappa shape index (κ2) is 6.72. The smallest absolute Gasteiger partial charge is 0.250 e. The Bertz CT molecular complexity index is 714. The molecule has 0 unspecified atom stereocenters. The molecular weight excluding hydrogens is 352 g/mol. The molecule has 2 rings (SSSR count). The standard InChI is InChI=1S/C22H36O2Si2/c1-21(2,3)25(7,8)23-19-15-16-20(18-14-12-11-13-17(18)19)24-26(9,10)22(4,5)6/h11-16H,1-10H3. The van der Waals surface area contributed by atoms with Crippen LogP contribution in [-0.2, 0) is 0 Å². The fraction of sp³-hybridized carbons (Fsp3) is 0.545. The van der Waals surface area contributed by atoms with E-state index in [1.165, 1.54) is 0 Å². The lowest BCUT2D eigenvalue weighted by Gasteiger charge is -2.38. The molecule has 0 radical (unpaired) electrons. The van der Waals surface area contributed by atoms with E-state index >= 15 is 0 Å². The Morgan fingerprint density at radius 2 is 0.885 bits per heavy atom. The second-order valence-electron chi connectivity index (χ2n) is 10.3. The minimum Gasteiger partial charge on any atom is -0.543 e. The van der Waals surface area contributed by atoms with E-state index in [1.54, 1.807) is 0 Å². The third-order valence-corrected chi connectivity index (χ3v) is 14.9. The van der Waals surface area contributed by atoms with Gasteiger partial charge in [-0.15, -0.1) is 0 Å². The van der Waals surface area contributed by atoms with Gasteiger partial charge in [0, 0.05) is 10.8 Å². The Morgan fingerprint density at radius 3 is 1.15 bits per heavy atom. The lowest BCUT2D eigenvalue weighted by atomic mass is 10.1. The van der Waals surface area contributed by atoms with Gasteiger partial charge in [-0.2, -0.15) is 0 Å². The number of benzene rings is 2. The summed E-state index contributed by atoms with van der Waals surface area (Å²) in [6, 6.07) is 12.7. The SMILES string of the molecule is CC(C)(C)[Si](C)(C)Oc1ccc(O[Si](C)(C)C(C)(C)C)c2ccccc12. The molecule has 2 nitrogen and oxygen atoms in total. The molecule has 0 saturated carbocycles. The van der Waals surface area contributed by atoms with E-state index in [1.807, 2.05) is 0 Å². The molecule has 0 spiro atoms. The Morgan fingerprint density at radius 1 is 0.577 bits per heavy atom. The van der Waals surface area contributed by atoms with Crippen molar-refractivity contribution in [3.8, 4) is 11.5 Å². The molecule has 2 aromatic carbocycles. The first-order chi connectivity index (χ1) is 11.7. The summed E-state index contributed by atoms with van der Waals surface area (Å²) in [6.45, 7) is 22.8. The maximum Gasteiger partial charge on any atom is 0.250 e. The Hall–Kier alpha value is -1.27. The highest BCUT2D eigenvalue weighted by Crippen LogP contribution is 2.43. The van der Waals surface area contributed by atoms with Gasteiger partial charge in [-0.1, -0.05) is 65.8 Å². The van der Waals surface area contributed by atoms with Crippen LogP contribution in [0, 0.1) is 0 Å². The third kappa shape index (κ3) is 4.17. The second-order valence-corrected chi connectivity index (χ2v) is 19.8. The first kappa shape index (κ1) is 21.0. The molecule has 0 N–H and O–H groups in total. The van der Waals surface area contributed by atoms with E-state index < -0.39 is 16.6 Å². The highest BCUT2D eigenvalue weighted by molar-refractivity contribution is 6.75. The number of fused-ring (bicyclic) bond motifs is 1. The maximum absolute atomic E-state index is 6.63. The van der Waals surface area contributed by atoms with Crippen molar-refractivity contribution in [3.05, 3.63) is 36.4 Å². The highest BCUT2D eigenvalue weighted by Gasteiger charge is 2.40. The predicted octanol–water partition coefficient (Wildman–Crippen LogP) is 7.61. The molecule has 0 fully saturated rings. The summed E-state index contributed by atoms with van der Waals surface area (Å²) in [5.74, 6) is 1.96. The quantitative estimate of drug-likeness (QED) is 0.502. The zero-order chi connectivity index (χ0) is 20.0. The summed E-state index contributed by atoms with van der Waals surface area (Å²) in [5, 5.41) is 2.64. The van der Waals surface area contributed by atoms with E-state index in [2.05, 4.69) is 104 Å². The van der Waals surface area contributed by atoms with Crippen molar-refractivity contribution in [3.63, 3.8) is 0 Å². The topological polar surface area (TPSA) is 18.5 Å². The summed E-state index contributed by atoms with van der Waals surface area (Å²) >= 11 is 0. The molecule has 0 aromatic heterocycles. The predicted molar refractivity (Wildman–Crippen MR) is 120 cm³/mol. The molecule has 0 heterocycles. The number of hydrogen-bond acceptors (Lipinski definition) is 2. The van der Waals surface area contributed by atoms with Crippen LogP contribution in [0.4, 0.5) is 0 Å². The number of rotatable bonds is 4. The average molecular weight is 389 g/mol. The van der Waals surface area contributed by atoms with Crippen molar-refractivity contribution in [2.45, 2.75) is 77.8 Å². The minimum atomic E-state index is -1.89. The van der Waals surface area contributed by atoms with Crippen LogP contribution >= 0.6 is 0 Å². The summed E-state index contributed by atoms with van der Waals surface area (Å²) in [7, 11) is -3.78. The molecule has 0 aliphatic carbocycles. The minimum absolute atomic E-state index is 0.171. The first-order valence-corrected chi connectivity index (χ1v) is 15.4. The van der Waals surface area contributed by atoms with E-state index in [0.29, 0.717) is 0 Å². The Balaban J connectivity index is 2.51. The zero-order valence-electron chi connectivity index (χ0n) is 18.3. The van der Waals surface area contributed by atoms with Gasteiger partial charge in [0.2, 0.25) is 0 Å². The van der Waals surface area contributed by atoms with E-state index in [-0.39, 0.29) is 10.1 Å². The monoisotopic (exact) mass is 388 g/mol. The molecule has 144 valence electrons. The van der Waals surface area contributed by atoms with Gasteiger partial charge in [0.25, 0.3) is 16.6 Å². The van der Waals surface area contributed by atoms with Crippen LogP contribution in [0.3, 0.4) is 0 Å². The summed E-state index contributed by atoms with van der Waals surface area (Å²) in [4.78, 5) is 0. The summed E-state index contributed by atoms with van der Waals surface area (Å²) in [5.41, 5.74) is 0. The van der Waals surface area contributed by atoms with Crippen LogP contribution in [0.5, 0.6) is 11.5 Å². The van der Waals surface area contributed by atoms with Gasteiger partial charge in [0.05, 0.1) is 0 Å². The molecule has 2 aromatic rings. The molecule has 0 amide bonds.